The Balaban J connectivity index is 1.06. The van der Waals surface area contributed by atoms with E-state index < -0.39 is 5.60 Å². The molecule has 2 heterocycles. The van der Waals surface area contributed by atoms with Crippen molar-refractivity contribution in [1.82, 2.24) is 0 Å². The van der Waals surface area contributed by atoms with Gasteiger partial charge in [0.1, 0.15) is 17.3 Å². The standard InChI is InChI=1S/C46H78O4/c1-8-10-11-12-13-14-15-16-17-18-19-20-21-22-23-42(47)48-38-28-31-44(7)41-29-30-43(6)39(36(5)24-25-37(9-2)35(3)4)26-27-40(43)46(41)33-32-45(44,34-38)49-50-46/h24-25,32-33,35-41H,8-23,26-31,34H2,1-7H3/b25-24+/t36-,37+,38+,39-,40+,41-,43-,44-,45-,46+/m1/s1. The molecule has 0 aromatic rings. The first-order valence-electron chi connectivity index (χ1n) is 22.0. The Hall–Kier alpha value is -1.13. The normalized spacial score (nSPS) is 37.1. The van der Waals surface area contributed by atoms with Crippen LogP contribution in [0.3, 0.4) is 0 Å². The van der Waals surface area contributed by atoms with E-state index in [1.165, 1.54) is 109 Å². The molecule has 3 saturated carbocycles. The van der Waals surface area contributed by atoms with Gasteiger partial charge in [0.2, 0.25) is 0 Å². The molecule has 4 fully saturated rings. The molecule has 0 aromatic heterocycles. The summed E-state index contributed by atoms with van der Waals surface area (Å²) in [5, 5.41) is 0. The number of hydrogen-bond donors (Lipinski definition) is 0. The third kappa shape index (κ3) is 8.32. The van der Waals surface area contributed by atoms with Crippen LogP contribution in [0.1, 0.15) is 196 Å². The summed E-state index contributed by atoms with van der Waals surface area (Å²) in [6.07, 6.45) is 37.8. The lowest BCUT2D eigenvalue weighted by Crippen LogP contribution is -2.73. The molecule has 2 bridgehead atoms. The molecule has 10 atom stereocenters. The lowest BCUT2D eigenvalue weighted by atomic mass is 9.42. The Morgan fingerprint density at radius 2 is 1.40 bits per heavy atom. The summed E-state index contributed by atoms with van der Waals surface area (Å²) in [6, 6.07) is 0. The second-order valence-corrected chi connectivity index (χ2v) is 18.8. The highest BCUT2D eigenvalue weighted by atomic mass is 17.2. The zero-order valence-electron chi connectivity index (χ0n) is 33.7. The maximum atomic E-state index is 13.0. The van der Waals surface area contributed by atoms with Crippen LogP contribution >= 0.6 is 0 Å². The van der Waals surface area contributed by atoms with Gasteiger partial charge in [0.25, 0.3) is 0 Å². The van der Waals surface area contributed by atoms with Gasteiger partial charge in [-0.15, -0.1) is 0 Å². The molecule has 0 radical (unpaired) electrons. The summed E-state index contributed by atoms with van der Waals surface area (Å²) in [4.78, 5) is 26.3. The van der Waals surface area contributed by atoms with Crippen molar-refractivity contribution in [1.29, 1.82) is 0 Å². The minimum atomic E-state index is -0.495. The van der Waals surface area contributed by atoms with Gasteiger partial charge in [-0.25, -0.2) is 9.78 Å². The molecule has 0 amide bonds. The fourth-order valence-electron chi connectivity index (χ4n) is 12.1. The maximum Gasteiger partial charge on any atom is 0.306 e. The first-order chi connectivity index (χ1) is 24.0. The molecule has 0 aromatic carbocycles. The topological polar surface area (TPSA) is 44.8 Å². The van der Waals surface area contributed by atoms with Crippen molar-refractivity contribution in [3.05, 3.63) is 24.3 Å². The lowest BCUT2D eigenvalue weighted by molar-refractivity contribution is -0.497. The highest BCUT2D eigenvalue weighted by molar-refractivity contribution is 5.69. The maximum absolute atomic E-state index is 13.0. The largest absolute Gasteiger partial charge is 0.462 e. The number of esters is 1. The van der Waals surface area contributed by atoms with E-state index in [2.05, 4.69) is 72.8 Å². The molecule has 6 rings (SSSR count). The van der Waals surface area contributed by atoms with Gasteiger partial charge in [0.15, 0.2) is 0 Å². The van der Waals surface area contributed by atoms with Crippen molar-refractivity contribution in [2.45, 2.75) is 213 Å². The van der Waals surface area contributed by atoms with Crippen LogP contribution in [0.4, 0.5) is 0 Å². The third-order valence-electron chi connectivity index (χ3n) is 15.3. The zero-order valence-corrected chi connectivity index (χ0v) is 33.7. The Morgan fingerprint density at radius 3 is 1.98 bits per heavy atom. The van der Waals surface area contributed by atoms with E-state index in [9.17, 15) is 4.79 Å². The first kappa shape index (κ1) is 40.1. The molecule has 1 saturated heterocycles. The summed E-state index contributed by atoms with van der Waals surface area (Å²) in [5.74, 6) is 3.53. The molecule has 0 N–H and O–H groups in total. The van der Waals surface area contributed by atoms with E-state index in [-0.39, 0.29) is 28.5 Å². The number of hydrogen-bond acceptors (Lipinski definition) is 4. The fourth-order valence-corrected chi connectivity index (χ4v) is 12.1. The van der Waals surface area contributed by atoms with Gasteiger partial charge in [-0.05, 0) is 86.5 Å². The van der Waals surface area contributed by atoms with Crippen LogP contribution in [0.2, 0.25) is 0 Å². The van der Waals surface area contributed by atoms with E-state index in [0.29, 0.717) is 41.9 Å². The Kier molecular flexibility index (Phi) is 14.3. The van der Waals surface area contributed by atoms with Crippen molar-refractivity contribution in [2.75, 3.05) is 0 Å². The minimum Gasteiger partial charge on any atom is -0.462 e. The van der Waals surface area contributed by atoms with Gasteiger partial charge >= 0.3 is 5.97 Å². The first-order valence-corrected chi connectivity index (χ1v) is 22.0. The van der Waals surface area contributed by atoms with Crippen LogP contribution in [0.5, 0.6) is 0 Å². The Labute approximate surface area is 308 Å². The number of ether oxygens (including phenoxy) is 1. The molecule has 2 spiro atoms. The smallest absolute Gasteiger partial charge is 0.306 e. The number of carbonyl (C=O) groups is 1. The molecule has 4 aliphatic carbocycles. The number of allylic oxidation sites excluding steroid dienone is 2. The Bertz CT molecular complexity index is 1130. The Morgan fingerprint density at radius 1 is 0.760 bits per heavy atom. The number of fused-ring (bicyclic) bond motifs is 2. The average Bonchev–Trinajstić information content (AvgIpc) is 3.46. The van der Waals surface area contributed by atoms with Gasteiger partial charge in [-0.2, -0.15) is 0 Å². The van der Waals surface area contributed by atoms with Crippen LogP contribution in [-0.4, -0.2) is 23.3 Å². The van der Waals surface area contributed by atoms with E-state index in [4.69, 9.17) is 14.5 Å². The monoisotopic (exact) mass is 695 g/mol. The second kappa shape index (κ2) is 17.8. The number of unbranched alkanes of at least 4 members (excludes halogenated alkanes) is 13. The quantitative estimate of drug-likeness (QED) is 0.0519. The van der Waals surface area contributed by atoms with Gasteiger partial charge < -0.3 is 4.74 Å². The summed E-state index contributed by atoms with van der Waals surface area (Å²) in [7, 11) is 0. The summed E-state index contributed by atoms with van der Waals surface area (Å²) >= 11 is 0. The van der Waals surface area contributed by atoms with Crippen LogP contribution in [-0.2, 0) is 19.3 Å². The molecular formula is C46H78O4. The molecule has 0 unspecified atom stereocenters. The molecule has 6 aliphatic rings. The van der Waals surface area contributed by atoms with Crippen LogP contribution in [0, 0.1) is 46.3 Å². The van der Waals surface area contributed by atoms with Crippen molar-refractivity contribution in [3.8, 4) is 0 Å². The minimum absolute atomic E-state index is 0.00802. The average molecular weight is 695 g/mol. The highest BCUT2D eigenvalue weighted by Crippen LogP contribution is 2.73. The van der Waals surface area contributed by atoms with Crippen LogP contribution in [0.25, 0.3) is 0 Å². The van der Waals surface area contributed by atoms with Crippen molar-refractivity contribution >= 4 is 5.97 Å². The fraction of sp³-hybridized carbons (Fsp3) is 0.891. The molecule has 2 aliphatic heterocycles. The predicted molar refractivity (Wildman–Crippen MR) is 208 cm³/mol. The molecule has 286 valence electrons. The molecule has 4 nitrogen and oxygen atoms in total. The van der Waals surface area contributed by atoms with E-state index >= 15 is 0 Å². The third-order valence-corrected chi connectivity index (χ3v) is 15.3. The lowest BCUT2D eigenvalue weighted by Gasteiger charge is -2.69. The molecular weight excluding hydrogens is 617 g/mol. The highest BCUT2D eigenvalue weighted by Gasteiger charge is 2.74. The SMILES string of the molecule is CCCCCCCCCCCCCCCCC(=O)O[C@H]1CC[C@]2(C)[C@H]3CC[C@]4(C)[C@@H]([C@H](C)/C=C/[C@H](CC)C(C)C)CC[C@@H]4[C@@]34C=C[C@]2(C1)OO4. The van der Waals surface area contributed by atoms with E-state index in [1.54, 1.807) is 0 Å². The van der Waals surface area contributed by atoms with Gasteiger partial charge in [0, 0.05) is 30.1 Å². The molecule has 4 heteroatoms. The summed E-state index contributed by atoms with van der Waals surface area (Å²) < 4.78 is 6.15. The van der Waals surface area contributed by atoms with Crippen LogP contribution < -0.4 is 0 Å². The number of carbonyl (C=O) groups excluding carboxylic acids is 1. The summed E-state index contributed by atoms with van der Waals surface area (Å²) in [5.41, 5.74) is -0.566. The van der Waals surface area contributed by atoms with Gasteiger partial charge in [-0.1, -0.05) is 150 Å². The van der Waals surface area contributed by atoms with Crippen LogP contribution in [0.15, 0.2) is 24.3 Å². The van der Waals surface area contributed by atoms with Gasteiger partial charge in [0.05, 0.1) is 0 Å². The number of rotatable bonds is 21. The van der Waals surface area contributed by atoms with Gasteiger partial charge in [-0.3, -0.25) is 4.79 Å². The van der Waals surface area contributed by atoms with Crippen molar-refractivity contribution in [3.63, 3.8) is 0 Å². The predicted octanol–water partition coefficient (Wildman–Crippen LogP) is 13.3. The van der Waals surface area contributed by atoms with Crippen molar-refractivity contribution in [2.24, 2.45) is 46.3 Å². The van der Waals surface area contributed by atoms with E-state index in [1.807, 2.05) is 0 Å². The zero-order chi connectivity index (χ0) is 35.8. The van der Waals surface area contributed by atoms with Crippen molar-refractivity contribution < 1.29 is 19.3 Å². The molecule has 50 heavy (non-hydrogen) atoms. The van der Waals surface area contributed by atoms with E-state index in [0.717, 1.165) is 32.1 Å². The second-order valence-electron chi connectivity index (χ2n) is 18.8. The summed E-state index contributed by atoms with van der Waals surface area (Å²) in [6.45, 7) is 16.8.